The zero-order valence-corrected chi connectivity index (χ0v) is 10.3. The molecule has 0 radical (unpaired) electrons. The first-order valence-electron chi connectivity index (χ1n) is 6.46. The molecule has 0 heterocycles. The SMILES string of the molecule is NCCCN(Cc1ccc(CO)cc1)C1CC1. The predicted molar refractivity (Wildman–Crippen MR) is 69.5 cm³/mol. The van der Waals surface area contributed by atoms with Crippen molar-refractivity contribution in [3.63, 3.8) is 0 Å². The number of hydrogen-bond acceptors (Lipinski definition) is 3. The number of benzene rings is 1. The lowest BCUT2D eigenvalue weighted by molar-refractivity contribution is 0.253. The molecule has 1 aromatic rings. The van der Waals surface area contributed by atoms with E-state index in [0.29, 0.717) is 0 Å². The second kappa shape index (κ2) is 6.15. The summed E-state index contributed by atoms with van der Waals surface area (Å²) < 4.78 is 0. The average molecular weight is 234 g/mol. The fraction of sp³-hybridized carbons (Fsp3) is 0.571. The molecule has 0 saturated heterocycles. The Morgan fingerprint density at radius 1 is 1.18 bits per heavy atom. The van der Waals surface area contributed by atoms with Crippen LogP contribution in [0.1, 0.15) is 30.4 Å². The number of nitrogens with two attached hydrogens (primary N) is 1. The lowest BCUT2D eigenvalue weighted by Crippen LogP contribution is -2.28. The fourth-order valence-electron chi connectivity index (χ4n) is 2.11. The van der Waals surface area contributed by atoms with Crippen LogP contribution in [0, 0.1) is 0 Å². The van der Waals surface area contributed by atoms with Gasteiger partial charge in [-0.3, -0.25) is 4.90 Å². The Balaban J connectivity index is 1.91. The Labute approximate surface area is 103 Å². The normalized spacial score (nSPS) is 15.5. The van der Waals surface area contributed by atoms with E-state index in [1.54, 1.807) is 0 Å². The molecule has 2 rings (SSSR count). The van der Waals surface area contributed by atoms with Crippen LogP contribution in [0.15, 0.2) is 24.3 Å². The van der Waals surface area contributed by atoms with Crippen molar-refractivity contribution in [3.8, 4) is 0 Å². The molecule has 1 saturated carbocycles. The molecule has 3 heteroatoms. The minimum atomic E-state index is 0.125. The summed E-state index contributed by atoms with van der Waals surface area (Å²) in [6.07, 6.45) is 3.74. The van der Waals surface area contributed by atoms with Crippen molar-refractivity contribution in [2.24, 2.45) is 5.73 Å². The van der Waals surface area contributed by atoms with Gasteiger partial charge in [-0.1, -0.05) is 24.3 Å². The zero-order chi connectivity index (χ0) is 12.1. The van der Waals surface area contributed by atoms with Gasteiger partial charge in [0.1, 0.15) is 0 Å². The van der Waals surface area contributed by atoms with Gasteiger partial charge in [0, 0.05) is 12.6 Å². The van der Waals surface area contributed by atoms with Crippen LogP contribution in [-0.2, 0) is 13.2 Å². The van der Waals surface area contributed by atoms with Crippen LogP contribution in [-0.4, -0.2) is 29.1 Å². The fourth-order valence-corrected chi connectivity index (χ4v) is 2.11. The van der Waals surface area contributed by atoms with Crippen molar-refractivity contribution < 1.29 is 5.11 Å². The summed E-state index contributed by atoms with van der Waals surface area (Å²) in [7, 11) is 0. The molecule has 0 spiro atoms. The first-order chi connectivity index (χ1) is 8.33. The third kappa shape index (κ3) is 3.80. The third-order valence-electron chi connectivity index (χ3n) is 3.30. The van der Waals surface area contributed by atoms with E-state index in [0.717, 1.165) is 37.7 Å². The molecule has 1 fully saturated rings. The van der Waals surface area contributed by atoms with Crippen LogP contribution in [0.5, 0.6) is 0 Å². The van der Waals surface area contributed by atoms with Crippen LogP contribution in [0.4, 0.5) is 0 Å². The van der Waals surface area contributed by atoms with Crippen LogP contribution in [0.2, 0.25) is 0 Å². The standard InChI is InChI=1S/C14H22N2O/c15-8-1-9-16(14-6-7-14)10-12-2-4-13(11-17)5-3-12/h2-5,14,17H,1,6-11,15H2. The van der Waals surface area contributed by atoms with E-state index in [-0.39, 0.29) is 6.61 Å². The molecule has 3 N–H and O–H groups in total. The van der Waals surface area contributed by atoms with Crippen molar-refractivity contribution in [1.82, 2.24) is 4.90 Å². The van der Waals surface area contributed by atoms with Crippen LogP contribution < -0.4 is 5.73 Å². The lowest BCUT2D eigenvalue weighted by atomic mass is 10.1. The summed E-state index contributed by atoms with van der Waals surface area (Å²) >= 11 is 0. The lowest BCUT2D eigenvalue weighted by Gasteiger charge is -2.21. The van der Waals surface area contributed by atoms with E-state index >= 15 is 0 Å². The second-order valence-corrected chi connectivity index (χ2v) is 4.82. The van der Waals surface area contributed by atoms with Crippen LogP contribution >= 0.6 is 0 Å². The molecular weight excluding hydrogens is 212 g/mol. The molecule has 0 aliphatic heterocycles. The van der Waals surface area contributed by atoms with Crippen LogP contribution in [0.3, 0.4) is 0 Å². The van der Waals surface area contributed by atoms with E-state index in [1.165, 1.54) is 18.4 Å². The highest BCUT2D eigenvalue weighted by molar-refractivity contribution is 5.22. The Morgan fingerprint density at radius 3 is 2.35 bits per heavy atom. The van der Waals surface area contributed by atoms with Crippen molar-refractivity contribution in [1.29, 1.82) is 0 Å². The maximum atomic E-state index is 9.00. The van der Waals surface area contributed by atoms with Gasteiger partial charge < -0.3 is 10.8 Å². The monoisotopic (exact) mass is 234 g/mol. The molecule has 1 aliphatic carbocycles. The molecular formula is C14H22N2O. The van der Waals surface area contributed by atoms with Gasteiger partial charge in [0.2, 0.25) is 0 Å². The van der Waals surface area contributed by atoms with E-state index in [4.69, 9.17) is 10.8 Å². The van der Waals surface area contributed by atoms with Crippen LogP contribution in [0.25, 0.3) is 0 Å². The Bertz CT molecular complexity index is 333. The van der Waals surface area contributed by atoms with Crippen molar-refractivity contribution in [3.05, 3.63) is 35.4 Å². The van der Waals surface area contributed by atoms with Gasteiger partial charge in [-0.15, -0.1) is 0 Å². The van der Waals surface area contributed by atoms with E-state index in [9.17, 15) is 0 Å². The topological polar surface area (TPSA) is 49.5 Å². The molecule has 94 valence electrons. The molecule has 0 atom stereocenters. The highest BCUT2D eigenvalue weighted by atomic mass is 16.3. The van der Waals surface area contributed by atoms with Gasteiger partial charge in [0.05, 0.1) is 6.61 Å². The molecule has 1 aromatic carbocycles. The Morgan fingerprint density at radius 2 is 1.82 bits per heavy atom. The van der Waals surface area contributed by atoms with Gasteiger partial charge in [-0.05, 0) is 43.5 Å². The highest BCUT2D eigenvalue weighted by Crippen LogP contribution is 2.28. The summed E-state index contributed by atoms with van der Waals surface area (Å²) in [4.78, 5) is 2.53. The number of hydrogen-bond donors (Lipinski definition) is 2. The maximum Gasteiger partial charge on any atom is 0.0681 e. The summed E-state index contributed by atoms with van der Waals surface area (Å²) in [6, 6.07) is 9.01. The molecule has 1 aliphatic rings. The van der Waals surface area contributed by atoms with E-state index in [2.05, 4.69) is 17.0 Å². The summed E-state index contributed by atoms with van der Waals surface area (Å²) in [6.45, 7) is 3.01. The highest BCUT2D eigenvalue weighted by Gasteiger charge is 2.28. The van der Waals surface area contributed by atoms with Gasteiger partial charge in [-0.25, -0.2) is 0 Å². The third-order valence-corrected chi connectivity index (χ3v) is 3.30. The average Bonchev–Trinajstić information content (AvgIpc) is 3.19. The number of rotatable bonds is 7. The Hall–Kier alpha value is -0.900. The van der Waals surface area contributed by atoms with Gasteiger partial charge in [-0.2, -0.15) is 0 Å². The van der Waals surface area contributed by atoms with Crippen molar-refractivity contribution in [2.45, 2.75) is 38.5 Å². The first kappa shape index (κ1) is 12.6. The first-order valence-corrected chi connectivity index (χ1v) is 6.46. The quantitative estimate of drug-likeness (QED) is 0.751. The van der Waals surface area contributed by atoms with Gasteiger partial charge >= 0.3 is 0 Å². The van der Waals surface area contributed by atoms with E-state index in [1.807, 2.05) is 12.1 Å². The maximum absolute atomic E-state index is 9.00. The minimum Gasteiger partial charge on any atom is -0.392 e. The predicted octanol–water partition coefficient (Wildman–Crippen LogP) is 1.49. The largest absolute Gasteiger partial charge is 0.392 e. The van der Waals surface area contributed by atoms with E-state index < -0.39 is 0 Å². The summed E-state index contributed by atoms with van der Waals surface area (Å²) in [5.41, 5.74) is 7.88. The van der Waals surface area contributed by atoms with Crippen molar-refractivity contribution >= 4 is 0 Å². The van der Waals surface area contributed by atoms with Crippen molar-refractivity contribution in [2.75, 3.05) is 13.1 Å². The molecule has 0 unspecified atom stereocenters. The molecule has 17 heavy (non-hydrogen) atoms. The Kier molecular flexibility index (Phi) is 4.54. The number of aliphatic hydroxyl groups excluding tert-OH is 1. The molecule has 0 amide bonds. The molecule has 3 nitrogen and oxygen atoms in total. The summed E-state index contributed by atoms with van der Waals surface area (Å²) in [5, 5.41) is 9.00. The second-order valence-electron chi connectivity index (χ2n) is 4.82. The summed E-state index contributed by atoms with van der Waals surface area (Å²) in [5.74, 6) is 0. The minimum absolute atomic E-state index is 0.125. The molecule has 0 bridgehead atoms. The van der Waals surface area contributed by atoms with Gasteiger partial charge in [0.15, 0.2) is 0 Å². The zero-order valence-electron chi connectivity index (χ0n) is 10.3. The smallest absolute Gasteiger partial charge is 0.0681 e. The molecule has 0 aromatic heterocycles. The number of aliphatic hydroxyl groups is 1. The number of nitrogens with zero attached hydrogens (tertiary/aromatic N) is 1. The van der Waals surface area contributed by atoms with Gasteiger partial charge in [0.25, 0.3) is 0 Å².